The number of rotatable bonds is 3. The lowest BCUT2D eigenvalue weighted by Crippen LogP contribution is -2.20. The largest absolute Gasteiger partial charge is 0.381 e. The Balaban J connectivity index is 2.16. The van der Waals surface area contributed by atoms with Crippen molar-refractivity contribution in [2.24, 2.45) is 0 Å². The Bertz CT molecular complexity index is 479. The molecule has 0 saturated carbocycles. The molecule has 0 atom stereocenters. The van der Waals surface area contributed by atoms with Gasteiger partial charge in [-0.1, -0.05) is 32.1 Å². The topological polar surface area (TPSA) is 56.7 Å². The molecule has 0 aliphatic rings. The molecule has 2 aromatic rings. The number of aryl methyl sites for hydroxylation is 2. The maximum atomic E-state index is 5.88. The van der Waals surface area contributed by atoms with E-state index in [2.05, 4.69) is 48.6 Å². The third-order valence-corrected chi connectivity index (χ3v) is 3.56. The highest BCUT2D eigenvalue weighted by molar-refractivity contribution is 7.09. The van der Waals surface area contributed by atoms with Gasteiger partial charge in [0.15, 0.2) is 5.82 Å². The summed E-state index contributed by atoms with van der Waals surface area (Å²) in [6.45, 7) is 7.22. The molecule has 92 valence electrons. The molecule has 0 spiro atoms. The van der Waals surface area contributed by atoms with Crippen molar-refractivity contribution >= 4 is 17.2 Å². The molecular formula is C12H18N4S. The van der Waals surface area contributed by atoms with E-state index in [0.717, 1.165) is 18.7 Å². The van der Waals surface area contributed by atoms with Crippen molar-refractivity contribution in [3.05, 3.63) is 28.1 Å². The van der Waals surface area contributed by atoms with Crippen LogP contribution in [-0.4, -0.2) is 15.0 Å². The van der Waals surface area contributed by atoms with Gasteiger partial charge in [0.2, 0.25) is 0 Å². The second kappa shape index (κ2) is 4.49. The summed E-state index contributed by atoms with van der Waals surface area (Å²) in [7, 11) is 0. The highest BCUT2D eigenvalue weighted by Gasteiger charge is 2.23. The molecule has 2 rings (SSSR count). The molecule has 4 nitrogen and oxygen atoms in total. The zero-order valence-electron chi connectivity index (χ0n) is 10.5. The number of anilines is 1. The Morgan fingerprint density at radius 2 is 2.18 bits per heavy atom. The molecular weight excluding hydrogens is 232 g/mol. The predicted molar refractivity (Wildman–Crippen MR) is 71.2 cm³/mol. The molecule has 0 aliphatic heterocycles. The first kappa shape index (κ1) is 12.1. The van der Waals surface area contributed by atoms with Crippen LogP contribution >= 0.6 is 11.3 Å². The number of aromatic nitrogens is 3. The van der Waals surface area contributed by atoms with Crippen molar-refractivity contribution < 1.29 is 0 Å². The van der Waals surface area contributed by atoms with Crippen molar-refractivity contribution in [3.63, 3.8) is 0 Å². The average Bonchev–Trinajstić information content (AvgIpc) is 2.82. The fourth-order valence-corrected chi connectivity index (χ4v) is 2.62. The minimum Gasteiger partial charge on any atom is -0.381 e. The van der Waals surface area contributed by atoms with E-state index in [4.69, 9.17) is 5.73 Å². The Morgan fingerprint density at radius 1 is 1.41 bits per heavy atom. The number of hydrogen-bond acceptors (Lipinski definition) is 4. The number of nitrogens with zero attached hydrogens (tertiary/aromatic N) is 3. The first-order chi connectivity index (χ1) is 7.98. The molecule has 0 aliphatic carbocycles. The standard InChI is InChI=1S/C12H18N4S/c1-12(2,3)10-11(13)14-15-16(10)7-6-9-5-4-8-17-9/h4-5,8H,6-7,13H2,1-3H3. The minimum atomic E-state index is -0.0248. The van der Waals surface area contributed by atoms with Gasteiger partial charge in [-0.05, 0) is 11.4 Å². The van der Waals surface area contributed by atoms with E-state index < -0.39 is 0 Å². The van der Waals surface area contributed by atoms with Crippen molar-refractivity contribution in [1.82, 2.24) is 15.0 Å². The molecule has 0 radical (unpaired) electrons. The van der Waals surface area contributed by atoms with Crippen LogP contribution in [0.4, 0.5) is 5.82 Å². The van der Waals surface area contributed by atoms with Gasteiger partial charge in [-0.2, -0.15) is 0 Å². The Morgan fingerprint density at radius 3 is 2.76 bits per heavy atom. The SMILES string of the molecule is CC(C)(C)c1c(N)nnn1CCc1cccs1. The van der Waals surface area contributed by atoms with E-state index in [1.165, 1.54) is 4.88 Å². The molecule has 2 N–H and O–H groups in total. The van der Waals surface area contributed by atoms with E-state index in [9.17, 15) is 0 Å². The Hall–Kier alpha value is -1.36. The predicted octanol–water partition coefficient (Wildman–Crippen LogP) is 2.46. The zero-order chi connectivity index (χ0) is 12.5. The molecule has 0 saturated heterocycles. The lowest BCUT2D eigenvalue weighted by Gasteiger charge is -2.19. The van der Waals surface area contributed by atoms with Gasteiger partial charge in [0.25, 0.3) is 0 Å². The number of hydrogen-bond donors (Lipinski definition) is 1. The smallest absolute Gasteiger partial charge is 0.169 e. The normalized spacial score (nSPS) is 11.9. The van der Waals surface area contributed by atoms with E-state index in [1.54, 1.807) is 11.3 Å². The fraction of sp³-hybridized carbons (Fsp3) is 0.500. The van der Waals surface area contributed by atoms with Gasteiger partial charge in [0, 0.05) is 23.3 Å². The van der Waals surface area contributed by atoms with Gasteiger partial charge >= 0.3 is 0 Å². The Labute approximate surface area is 105 Å². The third kappa shape index (κ3) is 2.66. The average molecular weight is 250 g/mol. The second-order valence-electron chi connectivity index (χ2n) is 5.13. The molecule has 0 bridgehead atoms. The van der Waals surface area contributed by atoms with Crippen LogP contribution in [0.3, 0.4) is 0 Å². The maximum Gasteiger partial charge on any atom is 0.169 e. The molecule has 0 aromatic carbocycles. The summed E-state index contributed by atoms with van der Waals surface area (Å²) in [6.07, 6.45) is 0.976. The molecule has 0 unspecified atom stereocenters. The van der Waals surface area contributed by atoms with Crippen LogP contribution in [0.5, 0.6) is 0 Å². The van der Waals surface area contributed by atoms with Gasteiger partial charge in [0.05, 0.1) is 5.69 Å². The molecule has 2 heterocycles. The molecule has 5 heteroatoms. The lowest BCUT2D eigenvalue weighted by atomic mass is 9.92. The van der Waals surface area contributed by atoms with Crippen LogP contribution in [0.15, 0.2) is 17.5 Å². The van der Waals surface area contributed by atoms with Gasteiger partial charge in [-0.25, -0.2) is 4.68 Å². The van der Waals surface area contributed by atoms with Crippen molar-refractivity contribution in [1.29, 1.82) is 0 Å². The van der Waals surface area contributed by atoms with Crippen molar-refractivity contribution in [3.8, 4) is 0 Å². The summed E-state index contributed by atoms with van der Waals surface area (Å²) in [4.78, 5) is 1.36. The summed E-state index contributed by atoms with van der Waals surface area (Å²) < 4.78 is 1.93. The summed E-state index contributed by atoms with van der Waals surface area (Å²) in [5, 5.41) is 10.2. The summed E-state index contributed by atoms with van der Waals surface area (Å²) >= 11 is 1.77. The molecule has 2 aromatic heterocycles. The van der Waals surface area contributed by atoms with Crippen molar-refractivity contribution in [2.75, 3.05) is 5.73 Å². The number of thiophene rings is 1. The van der Waals surface area contributed by atoms with E-state index in [0.29, 0.717) is 5.82 Å². The highest BCUT2D eigenvalue weighted by Crippen LogP contribution is 2.26. The van der Waals surface area contributed by atoms with Crippen LogP contribution < -0.4 is 5.73 Å². The fourth-order valence-electron chi connectivity index (χ4n) is 1.93. The van der Waals surface area contributed by atoms with Crippen LogP contribution in [0.2, 0.25) is 0 Å². The quantitative estimate of drug-likeness (QED) is 0.910. The summed E-state index contributed by atoms with van der Waals surface area (Å²) in [5.74, 6) is 0.545. The zero-order valence-corrected chi connectivity index (χ0v) is 11.3. The van der Waals surface area contributed by atoms with Crippen molar-refractivity contribution in [2.45, 2.75) is 39.2 Å². The summed E-state index contributed by atoms with van der Waals surface area (Å²) in [5.41, 5.74) is 6.88. The van der Waals surface area contributed by atoms with E-state index in [-0.39, 0.29) is 5.41 Å². The van der Waals surface area contributed by atoms with Gasteiger partial charge in [-0.15, -0.1) is 16.4 Å². The number of nitrogens with two attached hydrogens (primary N) is 1. The van der Waals surface area contributed by atoms with Gasteiger partial charge < -0.3 is 5.73 Å². The van der Waals surface area contributed by atoms with E-state index >= 15 is 0 Å². The third-order valence-electron chi connectivity index (χ3n) is 2.62. The van der Waals surface area contributed by atoms with Gasteiger partial charge in [-0.3, -0.25) is 0 Å². The first-order valence-electron chi connectivity index (χ1n) is 5.70. The Kier molecular flexibility index (Phi) is 3.19. The van der Waals surface area contributed by atoms with Gasteiger partial charge in [0.1, 0.15) is 0 Å². The van der Waals surface area contributed by atoms with E-state index in [1.807, 2.05) is 4.68 Å². The monoisotopic (exact) mass is 250 g/mol. The van der Waals surface area contributed by atoms with Crippen LogP contribution in [0.1, 0.15) is 31.3 Å². The molecule has 17 heavy (non-hydrogen) atoms. The second-order valence-corrected chi connectivity index (χ2v) is 6.16. The van der Waals surface area contributed by atoms with Crippen LogP contribution in [0.25, 0.3) is 0 Å². The number of nitrogen functional groups attached to an aromatic ring is 1. The van der Waals surface area contributed by atoms with Crippen LogP contribution in [0, 0.1) is 0 Å². The molecule has 0 amide bonds. The van der Waals surface area contributed by atoms with Crippen LogP contribution in [-0.2, 0) is 18.4 Å². The summed E-state index contributed by atoms with van der Waals surface area (Å²) in [6, 6.07) is 4.21. The first-order valence-corrected chi connectivity index (χ1v) is 6.58. The minimum absolute atomic E-state index is 0.0248. The molecule has 0 fully saturated rings. The highest BCUT2D eigenvalue weighted by atomic mass is 32.1. The lowest BCUT2D eigenvalue weighted by molar-refractivity contribution is 0.482. The maximum absolute atomic E-state index is 5.88.